The van der Waals surface area contributed by atoms with Crippen LogP contribution in [0.4, 0.5) is 0 Å². The molecule has 1 heterocycles. The monoisotopic (exact) mass is 289 g/mol. The molecule has 6 heteroatoms. The molecule has 0 unspecified atom stereocenters. The highest BCUT2D eigenvalue weighted by Crippen LogP contribution is 2.11. The van der Waals surface area contributed by atoms with Gasteiger partial charge in [0.15, 0.2) is 0 Å². The molecule has 0 spiro atoms. The van der Waals surface area contributed by atoms with Crippen molar-refractivity contribution in [3.05, 3.63) is 52.7 Å². The number of aliphatic hydroxyl groups excluding tert-OH is 2. The Morgan fingerprint density at radius 1 is 1.29 bits per heavy atom. The van der Waals surface area contributed by atoms with E-state index >= 15 is 0 Å². The fourth-order valence-corrected chi connectivity index (χ4v) is 1.91. The van der Waals surface area contributed by atoms with Gasteiger partial charge in [-0.05, 0) is 31.5 Å². The van der Waals surface area contributed by atoms with E-state index in [1.54, 1.807) is 38.1 Å². The smallest absolute Gasteiger partial charge is 0.350 e. The summed E-state index contributed by atoms with van der Waals surface area (Å²) in [6, 6.07) is 6.92. The zero-order valence-corrected chi connectivity index (χ0v) is 12.0. The minimum atomic E-state index is -0.656. The van der Waals surface area contributed by atoms with Gasteiger partial charge in [0.2, 0.25) is 0 Å². The van der Waals surface area contributed by atoms with Gasteiger partial charge in [0.1, 0.15) is 6.33 Å². The van der Waals surface area contributed by atoms with Crippen molar-refractivity contribution in [1.29, 1.82) is 0 Å². The summed E-state index contributed by atoms with van der Waals surface area (Å²) in [5, 5.41) is 22.3. The van der Waals surface area contributed by atoms with Gasteiger partial charge in [-0.3, -0.25) is 0 Å². The van der Waals surface area contributed by atoms with Gasteiger partial charge >= 0.3 is 5.69 Å². The summed E-state index contributed by atoms with van der Waals surface area (Å²) in [5.74, 6) is 0. The van der Waals surface area contributed by atoms with Crippen molar-refractivity contribution < 1.29 is 10.2 Å². The Morgan fingerprint density at radius 2 is 1.95 bits per heavy atom. The average Bonchev–Trinajstić information content (AvgIpc) is 2.86. The second-order valence-electron chi connectivity index (χ2n) is 4.89. The maximum Gasteiger partial charge on any atom is 0.350 e. The summed E-state index contributed by atoms with van der Waals surface area (Å²) in [4.78, 5) is 12.3. The Morgan fingerprint density at radius 3 is 2.52 bits per heavy atom. The first-order valence-electron chi connectivity index (χ1n) is 6.76. The molecule has 1 aromatic heterocycles. The summed E-state index contributed by atoms with van der Waals surface area (Å²) < 4.78 is 2.70. The topological polar surface area (TPSA) is 80.3 Å². The molecule has 2 rings (SSSR count). The first-order valence-corrected chi connectivity index (χ1v) is 6.76. The highest BCUT2D eigenvalue weighted by Gasteiger charge is 2.16. The minimum Gasteiger partial charge on any atom is -0.392 e. The van der Waals surface area contributed by atoms with Crippen LogP contribution in [0.15, 0.2) is 41.5 Å². The lowest BCUT2D eigenvalue weighted by molar-refractivity contribution is 0.130. The molecular weight excluding hydrogens is 270 g/mol. The van der Waals surface area contributed by atoms with E-state index < -0.39 is 6.10 Å². The van der Waals surface area contributed by atoms with E-state index in [1.807, 2.05) is 12.1 Å². The maximum atomic E-state index is 12.3. The molecule has 6 nitrogen and oxygen atoms in total. The number of nitrogens with zero attached hydrogens (tertiary/aromatic N) is 3. The number of aromatic nitrogens is 3. The lowest BCUT2D eigenvalue weighted by atomic mass is 10.2. The number of hydrogen-bond acceptors (Lipinski definition) is 4. The molecule has 21 heavy (non-hydrogen) atoms. The van der Waals surface area contributed by atoms with Crippen molar-refractivity contribution in [2.75, 3.05) is 6.61 Å². The van der Waals surface area contributed by atoms with Crippen molar-refractivity contribution in [3.8, 4) is 5.69 Å². The van der Waals surface area contributed by atoms with Crippen LogP contribution < -0.4 is 5.69 Å². The first-order chi connectivity index (χ1) is 10.0. The third-order valence-corrected chi connectivity index (χ3v) is 3.36. The van der Waals surface area contributed by atoms with Crippen LogP contribution in [-0.4, -0.2) is 37.3 Å². The molecule has 0 bridgehead atoms. The average molecular weight is 289 g/mol. The molecule has 0 saturated carbocycles. The maximum absolute atomic E-state index is 12.3. The highest BCUT2D eigenvalue weighted by atomic mass is 16.3. The van der Waals surface area contributed by atoms with Crippen molar-refractivity contribution in [2.45, 2.75) is 26.0 Å². The fraction of sp³-hybridized carbons (Fsp3) is 0.333. The van der Waals surface area contributed by atoms with Gasteiger partial charge in [0.05, 0.1) is 24.4 Å². The van der Waals surface area contributed by atoms with Crippen molar-refractivity contribution in [2.24, 2.45) is 0 Å². The van der Waals surface area contributed by atoms with Gasteiger partial charge in [-0.25, -0.2) is 14.0 Å². The third kappa shape index (κ3) is 3.29. The van der Waals surface area contributed by atoms with E-state index in [2.05, 4.69) is 5.10 Å². The molecule has 2 N–H and O–H groups in total. The molecule has 2 aromatic rings. The van der Waals surface area contributed by atoms with Crippen LogP contribution in [0.3, 0.4) is 0 Å². The van der Waals surface area contributed by atoms with Crippen molar-refractivity contribution >= 4 is 6.08 Å². The van der Waals surface area contributed by atoms with E-state index in [0.29, 0.717) is 5.69 Å². The molecule has 0 fully saturated rings. The predicted octanol–water partition coefficient (Wildman–Crippen LogP) is 0.981. The minimum absolute atomic E-state index is 0.00872. The van der Waals surface area contributed by atoms with Gasteiger partial charge in [-0.2, -0.15) is 5.10 Å². The Balaban J connectivity index is 2.31. The van der Waals surface area contributed by atoms with Gasteiger partial charge in [-0.15, -0.1) is 0 Å². The van der Waals surface area contributed by atoms with Crippen LogP contribution in [0.25, 0.3) is 11.8 Å². The predicted molar refractivity (Wildman–Crippen MR) is 80.3 cm³/mol. The van der Waals surface area contributed by atoms with Gasteiger partial charge in [0, 0.05) is 0 Å². The van der Waals surface area contributed by atoms with Crippen molar-refractivity contribution in [3.63, 3.8) is 0 Å². The largest absolute Gasteiger partial charge is 0.392 e. The Kier molecular flexibility index (Phi) is 4.72. The number of aliphatic hydroxyl groups is 2. The SMILES string of the molecule is C[C@@H](O)[C@H](C)n1ncn(-c2ccc(/C=C/CO)cc2)c1=O. The van der Waals surface area contributed by atoms with Crippen LogP contribution in [0, 0.1) is 0 Å². The summed E-state index contributed by atoms with van der Waals surface area (Å²) in [6.45, 7) is 3.36. The highest BCUT2D eigenvalue weighted by molar-refractivity contribution is 5.51. The van der Waals surface area contributed by atoms with E-state index in [-0.39, 0.29) is 18.3 Å². The van der Waals surface area contributed by atoms with Gasteiger partial charge in [0.25, 0.3) is 0 Å². The molecule has 0 aliphatic carbocycles. The number of benzene rings is 1. The number of rotatable bonds is 5. The summed E-state index contributed by atoms with van der Waals surface area (Å²) in [6.07, 6.45) is 4.23. The van der Waals surface area contributed by atoms with Crippen LogP contribution in [0.1, 0.15) is 25.5 Å². The molecule has 0 aliphatic heterocycles. The molecule has 0 radical (unpaired) electrons. The summed E-state index contributed by atoms with van der Waals surface area (Å²) in [7, 11) is 0. The normalized spacial score (nSPS) is 14.5. The number of hydrogen-bond donors (Lipinski definition) is 2. The molecule has 2 atom stereocenters. The second kappa shape index (κ2) is 6.51. The van der Waals surface area contributed by atoms with Crippen LogP contribution in [0.5, 0.6) is 0 Å². The lowest BCUT2D eigenvalue weighted by Crippen LogP contribution is -2.31. The quantitative estimate of drug-likeness (QED) is 0.860. The molecule has 1 aromatic carbocycles. The van der Waals surface area contributed by atoms with Crippen LogP contribution >= 0.6 is 0 Å². The molecule has 0 aliphatic rings. The van der Waals surface area contributed by atoms with Crippen molar-refractivity contribution in [1.82, 2.24) is 14.3 Å². The van der Waals surface area contributed by atoms with Crippen LogP contribution in [-0.2, 0) is 0 Å². The Bertz CT molecular complexity index is 668. The zero-order chi connectivity index (χ0) is 15.4. The third-order valence-electron chi connectivity index (χ3n) is 3.36. The summed E-state index contributed by atoms with van der Waals surface area (Å²) in [5.41, 5.74) is 1.35. The Hall–Kier alpha value is -2.18. The van der Waals surface area contributed by atoms with E-state index in [9.17, 15) is 9.90 Å². The molecule has 0 saturated heterocycles. The lowest BCUT2D eigenvalue weighted by Gasteiger charge is -2.13. The second-order valence-corrected chi connectivity index (χ2v) is 4.89. The van der Waals surface area contributed by atoms with E-state index in [0.717, 1.165) is 5.56 Å². The van der Waals surface area contributed by atoms with Gasteiger partial charge in [-0.1, -0.05) is 24.3 Å². The molecule has 0 amide bonds. The van der Waals surface area contributed by atoms with Gasteiger partial charge < -0.3 is 10.2 Å². The first kappa shape index (κ1) is 15.2. The zero-order valence-electron chi connectivity index (χ0n) is 12.0. The van der Waals surface area contributed by atoms with E-state index in [4.69, 9.17) is 5.11 Å². The molecular formula is C15H19N3O3. The fourth-order valence-electron chi connectivity index (χ4n) is 1.91. The summed E-state index contributed by atoms with van der Waals surface area (Å²) >= 11 is 0. The van der Waals surface area contributed by atoms with E-state index in [1.165, 1.54) is 15.6 Å². The standard InChI is InChI=1S/C15H19N3O3/c1-11(12(2)20)18-15(21)17(10-16-18)14-7-5-13(6-8-14)4-3-9-19/h3-8,10-12,19-20H,9H2,1-2H3/b4-3+/t11-,12+/m0/s1. The molecule has 112 valence electrons. The Labute approximate surface area is 122 Å². The van der Waals surface area contributed by atoms with Crippen LogP contribution in [0.2, 0.25) is 0 Å².